The molecule has 0 aromatic heterocycles. The minimum absolute atomic E-state index is 0.0387. The van der Waals surface area contributed by atoms with Gasteiger partial charge in [-0.05, 0) is 50.0 Å². The molecule has 154 valence electrons. The van der Waals surface area contributed by atoms with Crippen molar-refractivity contribution in [1.29, 1.82) is 0 Å². The standard InChI is InChI=1S/C23H35N3O2/c1-17(2)22(27)26-15-13-21(14-16-26)25(3)23(28)24-20-11-9-19(10-12-20)18-7-5-4-6-8-18/h4-8,17,19-21H,9-16H2,1-3H3,(H,24,28). The zero-order valence-corrected chi connectivity index (χ0v) is 17.6. The second-order valence-corrected chi connectivity index (χ2v) is 8.73. The molecule has 2 fully saturated rings. The second-order valence-electron chi connectivity index (χ2n) is 8.73. The fourth-order valence-electron chi connectivity index (χ4n) is 4.58. The number of nitrogens with zero attached hydrogens (tertiary/aromatic N) is 2. The molecule has 0 atom stereocenters. The van der Waals surface area contributed by atoms with Crippen LogP contribution in [-0.4, -0.2) is 54.0 Å². The summed E-state index contributed by atoms with van der Waals surface area (Å²) < 4.78 is 0. The molecule has 1 aromatic rings. The van der Waals surface area contributed by atoms with Gasteiger partial charge in [0, 0.05) is 38.1 Å². The minimum Gasteiger partial charge on any atom is -0.342 e. The Morgan fingerprint density at radius 3 is 2.18 bits per heavy atom. The summed E-state index contributed by atoms with van der Waals surface area (Å²) >= 11 is 0. The first kappa shape index (κ1) is 20.7. The smallest absolute Gasteiger partial charge is 0.317 e. The van der Waals surface area contributed by atoms with E-state index in [1.807, 2.05) is 30.7 Å². The van der Waals surface area contributed by atoms with Crippen LogP contribution in [0.25, 0.3) is 0 Å². The average molecular weight is 386 g/mol. The molecule has 3 amide bonds. The number of urea groups is 1. The van der Waals surface area contributed by atoms with E-state index >= 15 is 0 Å². The lowest BCUT2D eigenvalue weighted by atomic mass is 9.82. The highest BCUT2D eigenvalue weighted by Gasteiger charge is 2.30. The van der Waals surface area contributed by atoms with Gasteiger partial charge in [-0.3, -0.25) is 4.79 Å². The molecule has 1 aliphatic heterocycles. The van der Waals surface area contributed by atoms with E-state index in [1.165, 1.54) is 5.56 Å². The van der Waals surface area contributed by atoms with E-state index in [-0.39, 0.29) is 29.9 Å². The molecule has 5 heteroatoms. The molecule has 1 aromatic carbocycles. The van der Waals surface area contributed by atoms with Crippen molar-refractivity contribution in [2.75, 3.05) is 20.1 Å². The second kappa shape index (κ2) is 9.44. The van der Waals surface area contributed by atoms with Crippen molar-refractivity contribution in [3.05, 3.63) is 35.9 Å². The number of amides is 3. The molecule has 28 heavy (non-hydrogen) atoms. The van der Waals surface area contributed by atoms with E-state index in [2.05, 4.69) is 35.6 Å². The molecule has 1 saturated carbocycles. The molecule has 1 N–H and O–H groups in total. The van der Waals surface area contributed by atoms with Crippen LogP contribution in [0.15, 0.2) is 30.3 Å². The molecule has 0 radical (unpaired) electrons. The lowest BCUT2D eigenvalue weighted by Gasteiger charge is -2.38. The average Bonchev–Trinajstić information content (AvgIpc) is 2.74. The van der Waals surface area contributed by atoms with Gasteiger partial charge in [-0.2, -0.15) is 0 Å². The van der Waals surface area contributed by atoms with Crippen LogP contribution < -0.4 is 5.32 Å². The number of carbonyl (C=O) groups is 2. The highest BCUT2D eigenvalue weighted by molar-refractivity contribution is 5.78. The Bertz CT molecular complexity index is 645. The van der Waals surface area contributed by atoms with Crippen LogP contribution in [0.3, 0.4) is 0 Å². The van der Waals surface area contributed by atoms with Gasteiger partial charge in [0.05, 0.1) is 0 Å². The number of likely N-dealkylation sites (tertiary alicyclic amines) is 1. The fourth-order valence-corrected chi connectivity index (χ4v) is 4.58. The molecular formula is C23H35N3O2. The number of rotatable bonds is 4. The van der Waals surface area contributed by atoms with E-state index < -0.39 is 0 Å². The monoisotopic (exact) mass is 385 g/mol. The van der Waals surface area contributed by atoms with Crippen LogP contribution in [0.2, 0.25) is 0 Å². The number of carbonyl (C=O) groups excluding carboxylic acids is 2. The number of nitrogens with one attached hydrogen (secondary N) is 1. The molecular weight excluding hydrogens is 350 g/mol. The van der Waals surface area contributed by atoms with Crippen molar-refractivity contribution >= 4 is 11.9 Å². The zero-order chi connectivity index (χ0) is 20.1. The zero-order valence-electron chi connectivity index (χ0n) is 17.6. The first-order valence-electron chi connectivity index (χ1n) is 10.8. The van der Waals surface area contributed by atoms with Gasteiger partial charge in [0.25, 0.3) is 0 Å². The number of hydrogen-bond donors (Lipinski definition) is 1. The Morgan fingerprint density at radius 2 is 1.61 bits per heavy atom. The number of piperidine rings is 1. The van der Waals surface area contributed by atoms with Gasteiger partial charge in [-0.25, -0.2) is 4.79 Å². The van der Waals surface area contributed by atoms with Crippen molar-refractivity contribution in [2.24, 2.45) is 5.92 Å². The highest BCUT2D eigenvalue weighted by atomic mass is 16.2. The Balaban J connectivity index is 1.42. The maximum atomic E-state index is 12.7. The SMILES string of the molecule is CC(C)C(=O)N1CCC(N(C)C(=O)NC2CCC(c3ccccc3)CC2)CC1. The van der Waals surface area contributed by atoms with Crippen molar-refractivity contribution in [3.8, 4) is 0 Å². The van der Waals surface area contributed by atoms with Gasteiger partial charge in [-0.15, -0.1) is 0 Å². The van der Waals surface area contributed by atoms with Gasteiger partial charge in [0.2, 0.25) is 5.91 Å². The first-order chi connectivity index (χ1) is 13.5. The molecule has 1 aliphatic carbocycles. The van der Waals surface area contributed by atoms with Crippen LogP contribution in [0.5, 0.6) is 0 Å². The molecule has 0 bridgehead atoms. The van der Waals surface area contributed by atoms with Crippen LogP contribution in [0.1, 0.15) is 63.9 Å². The lowest BCUT2D eigenvalue weighted by molar-refractivity contribution is -0.135. The van der Waals surface area contributed by atoms with Gasteiger partial charge in [0.1, 0.15) is 0 Å². The molecule has 0 unspecified atom stereocenters. The number of benzene rings is 1. The fraction of sp³-hybridized carbons (Fsp3) is 0.652. The lowest BCUT2D eigenvalue weighted by Crippen LogP contribution is -2.52. The summed E-state index contributed by atoms with van der Waals surface area (Å²) in [5.74, 6) is 0.888. The Labute approximate surface area is 169 Å². The third-order valence-corrected chi connectivity index (χ3v) is 6.46. The van der Waals surface area contributed by atoms with Crippen molar-refractivity contribution in [2.45, 2.75) is 70.4 Å². The summed E-state index contributed by atoms with van der Waals surface area (Å²) in [6, 6.07) is 11.2. The first-order valence-corrected chi connectivity index (χ1v) is 10.8. The topological polar surface area (TPSA) is 52.7 Å². The summed E-state index contributed by atoms with van der Waals surface area (Å²) in [4.78, 5) is 28.7. The predicted molar refractivity (Wildman–Crippen MR) is 112 cm³/mol. The normalized spacial score (nSPS) is 23.5. The summed E-state index contributed by atoms with van der Waals surface area (Å²) in [7, 11) is 1.90. The predicted octanol–water partition coefficient (Wildman–Crippen LogP) is 4.00. The Morgan fingerprint density at radius 1 is 1.00 bits per heavy atom. The Hall–Kier alpha value is -2.04. The molecule has 0 spiro atoms. The summed E-state index contributed by atoms with van der Waals surface area (Å²) in [5.41, 5.74) is 1.42. The molecule has 1 saturated heterocycles. The number of hydrogen-bond acceptors (Lipinski definition) is 2. The van der Waals surface area contributed by atoms with E-state index in [1.54, 1.807) is 0 Å². The summed E-state index contributed by atoms with van der Waals surface area (Å²) in [6.07, 6.45) is 6.08. The van der Waals surface area contributed by atoms with Crippen LogP contribution in [0.4, 0.5) is 4.79 Å². The van der Waals surface area contributed by atoms with Gasteiger partial charge in [0.15, 0.2) is 0 Å². The Kier molecular flexibility index (Phi) is 6.97. The summed E-state index contributed by atoms with van der Waals surface area (Å²) in [5, 5.41) is 3.25. The van der Waals surface area contributed by atoms with Crippen molar-refractivity contribution in [1.82, 2.24) is 15.1 Å². The van der Waals surface area contributed by atoms with Crippen LogP contribution >= 0.6 is 0 Å². The summed E-state index contributed by atoms with van der Waals surface area (Å²) in [6.45, 7) is 5.39. The molecule has 1 heterocycles. The molecule has 3 rings (SSSR count). The van der Waals surface area contributed by atoms with E-state index in [4.69, 9.17) is 0 Å². The van der Waals surface area contributed by atoms with Gasteiger partial charge in [-0.1, -0.05) is 44.2 Å². The molecule has 2 aliphatic rings. The van der Waals surface area contributed by atoms with Crippen molar-refractivity contribution < 1.29 is 9.59 Å². The van der Waals surface area contributed by atoms with Crippen LogP contribution in [0, 0.1) is 5.92 Å². The van der Waals surface area contributed by atoms with Crippen LogP contribution in [-0.2, 0) is 4.79 Å². The van der Waals surface area contributed by atoms with Crippen molar-refractivity contribution in [3.63, 3.8) is 0 Å². The third-order valence-electron chi connectivity index (χ3n) is 6.46. The molecule has 5 nitrogen and oxygen atoms in total. The quantitative estimate of drug-likeness (QED) is 0.852. The third kappa shape index (κ3) is 5.06. The minimum atomic E-state index is 0.0387. The van der Waals surface area contributed by atoms with E-state index in [0.29, 0.717) is 5.92 Å². The van der Waals surface area contributed by atoms with E-state index in [0.717, 1.165) is 51.6 Å². The van der Waals surface area contributed by atoms with Gasteiger partial charge < -0.3 is 15.1 Å². The maximum absolute atomic E-state index is 12.7. The van der Waals surface area contributed by atoms with Gasteiger partial charge >= 0.3 is 6.03 Å². The van der Waals surface area contributed by atoms with E-state index in [9.17, 15) is 9.59 Å². The highest BCUT2D eigenvalue weighted by Crippen LogP contribution is 2.32. The largest absolute Gasteiger partial charge is 0.342 e. The maximum Gasteiger partial charge on any atom is 0.317 e.